The largest absolute Gasteiger partial charge is 0.495 e. The number of nitrogens with one attached hydrogen (secondary N) is 2. The Balaban J connectivity index is 2.84. The van der Waals surface area contributed by atoms with Gasteiger partial charge in [-0.15, -0.1) is 0 Å². The van der Waals surface area contributed by atoms with E-state index in [0.717, 1.165) is 5.56 Å². The summed E-state index contributed by atoms with van der Waals surface area (Å²) in [5.41, 5.74) is 1.45. The van der Waals surface area contributed by atoms with Crippen molar-refractivity contribution in [1.29, 1.82) is 0 Å². The normalized spacial score (nSPS) is 11.6. The van der Waals surface area contributed by atoms with Gasteiger partial charge in [0.05, 0.1) is 12.8 Å². The number of carbonyl (C=O) groups is 2. The van der Waals surface area contributed by atoms with Gasteiger partial charge >= 0.3 is 5.97 Å². The third-order valence-electron chi connectivity index (χ3n) is 2.65. The summed E-state index contributed by atoms with van der Waals surface area (Å²) in [4.78, 5) is 22.0. The highest BCUT2D eigenvalue weighted by Gasteiger charge is 2.18. The van der Waals surface area contributed by atoms with Crippen molar-refractivity contribution < 1.29 is 19.4 Å². The number of ether oxygens (including phenoxy) is 1. The first-order valence-corrected chi connectivity index (χ1v) is 6.31. The number of hydrogen-bond donors (Lipinski definition) is 3. The molecule has 0 aliphatic rings. The van der Waals surface area contributed by atoms with Crippen LogP contribution in [0.1, 0.15) is 12.5 Å². The second-order valence-electron chi connectivity index (χ2n) is 4.27. The summed E-state index contributed by atoms with van der Waals surface area (Å²) in [5.74, 6) is -1.01. The lowest BCUT2D eigenvalue weighted by molar-refractivity contribution is -0.141. The van der Waals surface area contributed by atoms with Gasteiger partial charge in [-0.3, -0.25) is 4.79 Å². The highest BCUT2D eigenvalue weighted by Crippen LogP contribution is 2.30. The maximum atomic E-state index is 11.0. The van der Waals surface area contributed by atoms with Crippen molar-refractivity contribution in [2.24, 2.45) is 0 Å². The van der Waals surface area contributed by atoms with E-state index in [1.807, 2.05) is 6.92 Å². The molecule has 0 aromatic heterocycles. The molecule has 1 amide bonds. The Hall–Kier alpha value is -1.95. The zero-order valence-electron chi connectivity index (χ0n) is 11.5. The summed E-state index contributed by atoms with van der Waals surface area (Å²) in [6.07, 6.45) is 0. The van der Waals surface area contributed by atoms with Crippen molar-refractivity contribution in [2.75, 3.05) is 19.0 Å². The molecular weight excluding hydrogens is 284 g/mol. The molecule has 20 heavy (non-hydrogen) atoms. The van der Waals surface area contributed by atoms with Gasteiger partial charge < -0.3 is 20.5 Å². The van der Waals surface area contributed by atoms with Crippen molar-refractivity contribution in [1.82, 2.24) is 5.32 Å². The quantitative estimate of drug-likeness (QED) is 0.743. The molecule has 0 saturated heterocycles. The Morgan fingerprint density at radius 1 is 1.45 bits per heavy atom. The van der Waals surface area contributed by atoms with Crippen LogP contribution in [0.2, 0.25) is 5.02 Å². The van der Waals surface area contributed by atoms with Crippen LogP contribution in [-0.4, -0.2) is 36.7 Å². The second kappa shape index (κ2) is 7.00. The maximum absolute atomic E-state index is 11.0. The van der Waals surface area contributed by atoms with Crippen LogP contribution in [-0.2, 0) is 9.59 Å². The maximum Gasteiger partial charge on any atom is 0.328 e. The van der Waals surface area contributed by atoms with Crippen molar-refractivity contribution in [3.05, 3.63) is 22.7 Å². The molecule has 0 spiro atoms. The summed E-state index contributed by atoms with van der Waals surface area (Å²) >= 11 is 5.99. The Labute approximate surface area is 122 Å². The minimum Gasteiger partial charge on any atom is -0.495 e. The van der Waals surface area contributed by atoms with Crippen LogP contribution in [0, 0.1) is 6.92 Å². The lowest BCUT2D eigenvalue weighted by Gasteiger charge is -2.17. The van der Waals surface area contributed by atoms with E-state index in [-0.39, 0.29) is 6.54 Å². The minimum atomic E-state index is -1.11. The van der Waals surface area contributed by atoms with Gasteiger partial charge in [0.1, 0.15) is 11.8 Å². The van der Waals surface area contributed by atoms with Crippen molar-refractivity contribution in [3.8, 4) is 5.75 Å². The van der Waals surface area contributed by atoms with Crippen LogP contribution < -0.4 is 15.4 Å². The molecule has 1 unspecified atom stereocenters. The molecule has 1 rings (SSSR count). The van der Waals surface area contributed by atoms with Crippen LogP contribution in [0.5, 0.6) is 5.75 Å². The summed E-state index contributed by atoms with van der Waals surface area (Å²) < 4.78 is 5.17. The number of aryl methyl sites for hydroxylation is 1. The molecule has 0 aliphatic heterocycles. The zero-order chi connectivity index (χ0) is 15.3. The number of aliphatic carboxylic acids is 1. The van der Waals surface area contributed by atoms with Crippen LogP contribution in [0.3, 0.4) is 0 Å². The van der Waals surface area contributed by atoms with Gasteiger partial charge in [-0.05, 0) is 18.6 Å². The average Bonchev–Trinajstić information content (AvgIpc) is 2.37. The van der Waals surface area contributed by atoms with Crippen LogP contribution in [0.15, 0.2) is 12.1 Å². The number of carbonyl (C=O) groups excluding carboxylic acids is 1. The number of carboxylic acid groups (broad SMARTS) is 1. The number of carboxylic acids is 1. The Morgan fingerprint density at radius 3 is 2.60 bits per heavy atom. The monoisotopic (exact) mass is 300 g/mol. The minimum absolute atomic E-state index is 0.0341. The third-order valence-corrected chi connectivity index (χ3v) is 3.06. The molecule has 0 aliphatic carbocycles. The van der Waals surface area contributed by atoms with Crippen molar-refractivity contribution in [3.63, 3.8) is 0 Å². The lowest BCUT2D eigenvalue weighted by atomic mass is 10.2. The molecular formula is C13H17ClN2O4. The lowest BCUT2D eigenvalue weighted by Crippen LogP contribution is -2.44. The smallest absolute Gasteiger partial charge is 0.328 e. The average molecular weight is 301 g/mol. The Kier molecular flexibility index (Phi) is 5.64. The van der Waals surface area contributed by atoms with E-state index in [4.69, 9.17) is 21.4 Å². The standard InChI is InChI=1S/C13H17ClN2O4/c1-7-4-10(12(20-3)5-9(7)14)15-6-11(13(18)19)16-8(2)17/h4-5,11,15H,6H2,1-3H3,(H,16,17)(H,18,19). The highest BCUT2D eigenvalue weighted by atomic mass is 35.5. The van der Waals surface area contributed by atoms with E-state index in [1.54, 1.807) is 12.1 Å². The van der Waals surface area contributed by atoms with E-state index in [2.05, 4.69) is 10.6 Å². The van der Waals surface area contributed by atoms with Gasteiger partial charge in [-0.1, -0.05) is 11.6 Å². The summed E-state index contributed by atoms with van der Waals surface area (Å²) in [7, 11) is 1.49. The van der Waals surface area contributed by atoms with Gasteiger partial charge in [0, 0.05) is 24.6 Å². The molecule has 3 N–H and O–H groups in total. The topological polar surface area (TPSA) is 87.7 Å². The first-order chi connectivity index (χ1) is 9.35. The van der Waals surface area contributed by atoms with Crippen molar-refractivity contribution in [2.45, 2.75) is 19.9 Å². The Bertz CT molecular complexity index is 519. The van der Waals surface area contributed by atoms with E-state index in [9.17, 15) is 9.59 Å². The number of methoxy groups -OCH3 is 1. The first kappa shape index (κ1) is 16.1. The van der Waals surface area contributed by atoms with Crippen LogP contribution >= 0.6 is 11.6 Å². The number of hydrogen-bond acceptors (Lipinski definition) is 4. The fourth-order valence-corrected chi connectivity index (χ4v) is 1.78. The molecule has 1 aromatic carbocycles. The molecule has 0 fully saturated rings. The molecule has 1 atom stereocenters. The molecule has 0 saturated carbocycles. The Morgan fingerprint density at radius 2 is 2.10 bits per heavy atom. The van der Waals surface area contributed by atoms with Crippen LogP contribution in [0.25, 0.3) is 0 Å². The van der Waals surface area contributed by atoms with Gasteiger partial charge in [-0.25, -0.2) is 4.79 Å². The molecule has 1 aromatic rings. The zero-order valence-corrected chi connectivity index (χ0v) is 12.2. The SMILES string of the molecule is COc1cc(Cl)c(C)cc1NCC(NC(C)=O)C(=O)O. The molecule has 0 heterocycles. The first-order valence-electron chi connectivity index (χ1n) is 5.93. The summed E-state index contributed by atoms with van der Waals surface area (Å²) in [5, 5.41) is 14.9. The van der Waals surface area contributed by atoms with Gasteiger partial charge in [0.15, 0.2) is 0 Å². The summed E-state index contributed by atoms with van der Waals surface area (Å²) in [6.45, 7) is 3.13. The van der Waals surface area contributed by atoms with Gasteiger partial charge in [0.2, 0.25) is 5.91 Å². The van der Waals surface area contributed by atoms with E-state index >= 15 is 0 Å². The predicted octanol–water partition coefficient (Wildman–Crippen LogP) is 1.66. The number of rotatable bonds is 6. The molecule has 0 bridgehead atoms. The van der Waals surface area contributed by atoms with E-state index < -0.39 is 17.9 Å². The number of amides is 1. The second-order valence-corrected chi connectivity index (χ2v) is 4.68. The third kappa shape index (κ3) is 4.31. The van der Waals surface area contributed by atoms with E-state index in [0.29, 0.717) is 16.5 Å². The van der Waals surface area contributed by atoms with Gasteiger partial charge in [-0.2, -0.15) is 0 Å². The van der Waals surface area contributed by atoms with Crippen LogP contribution in [0.4, 0.5) is 5.69 Å². The molecule has 0 radical (unpaired) electrons. The van der Waals surface area contributed by atoms with Gasteiger partial charge in [0.25, 0.3) is 0 Å². The number of benzene rings is 1. The molecule has 110 valence electrons. The summed E-state index contributed by atoms with van der Waals surface area (Å²) in [6, 6.07) is 2.38. The fourth-order valence-electron chi connectivity index (χ4n) is 1.63. The molecule has 7 heteroatoms. The number of anilines is 1. The number of halogens is 1. The predicted molar refractivity (Wildman–Crippen MR) is 76.5 cm³/mol. The van der Waals surface area contributed by atoms with E-state index in [1.165, 1.54) is 14.0 Å². The fraction of sp³-hybridized carbons (Fsp3) is 0.385. The highest BCUT2D eigenvalue weighted by molar-refractivity contribution is 6.31. The molecule has 6 nitrogen and oxygen atoms in total. The van der Waals surface area contributed by atoms with Crippen molar-refractivity contribution >= 4 is 29.2 Å².